The van der Waals surface area contributed by atoms with E-state index in [1.54, 1.807) is 18.3 Å². The van der Waals surface area contributed by atoms with E-state index in [1.165, 1.54) is 0 Å². The predicted octanol–water partition coefficient (Wildman–Crippen LogP) is 3.24. The van der Waals surface area contributed by atoms with Crippen molar-refractivity contribution < 1.29 is 14.3 Å². The number of hydrogen-bond donors (Lipinski definition) is 2. The average Bonchev–Trinajstić information content (AvgIpc) is 3.09. The molecule has 1 fully saturated rings. The highest BCUT2D eigenvalue weighted by molar-refractivity contribution is 5.99. The molecule has 1 aromatic heterocycles. The maximum absolute atomic E-state index is 12.2. The second-order valence-electron chi connectivity index (χ2n) is 6.10. The summed E-state index contributed by atoms with van der Waals surface area (Å²) < 4.78 is 6.00. The molecule has 6 heteroatoms. The third-order valence-corrected chi connectivity index (χ3v) is 4.25. The topological polar surface area (TPSA) is 80.3 Å². The van der Waals surface area contributed by atoms with Gasteiger partial charge in [-0.05, 0) is 36.8 Å². The maximum Gasteiger partial charge on any atom is 0.246 e. The van der Waals surface area contributed by atoms with Crippen molar-refractivity contribution in [3.05, 3.63) is 60.8 Å². The molecular weight excluding hydrogens is 330 g/mol. The van der Waals surface area contributed by atoms with E-state index in [0.29, 0.717) is 30.0 Å². The van der Waals surface area contributed by atoms with Crippen LogP contribution in [0.25, 0.3) is 10.9 Å². The first-order valence-corrected chi connectivity index (χ1v) is 8.41. The molecule has 130 valence electrons. The first kappa shape index (κ1) is 16.1. The molecule has 6 nitrogen and oxygen atoms in total. The van der Waals surface area contributed by atoms with E-state index in [1.807, 2.05) is 42.5 Å². The summed E-state index contributed by atoms with van der Waals surface area (Å²) in [5, 5.41) is 6.40. The molecule has 2 amide bonds. The zero-order valence-corrected chi connectivity index (χ0v) is 13.9. The summed E-state index contributed by atoms with van der Waals surface area (Å²) in [5.74, 6) is 0.992. The van der Waals surface area contributed by atoms with Gasteiger partial charge in [0.1, 0.15) is 17.5 Å². The zero-order valence-electron chi connectivity index (χ0n) is 13.9. The van der Waals surface area contributed by atoms with Crippen LogP contribution < -0.4 is 15.4 Å². The molecule has 2 aromatic carbocycles. The van der Waals surface area contributed by atoms with Gasteiger partial charge in [0.2, 0.25) is 11.8 Å². The SMILES string of the molecule is O=C1CCC(C(=O)Nc2cccc(Oc3ccnc4ccccc34)c2)N1. The number of amides is 2. The van der Waals surface area contributed by atoms with Gasteiger partial charge in [0, 0.05) is 29.8 Å². The quantitative estimate of drug-likeness (QED) is 0.759. The van der Waals surface area contributed by atoms with Gasteiger partial charge in [-0.15, -0.1) is 0 Å². The third kappa shape index (κ3) is 3.35. The van der Waals surface area contributed by atoms with Crippen LogP contribution in [0.3, 0.4) is 0 Å². The number of carbonyl (C=O) groups is 2. The normalized spacial score (nSPS) is 16.3. The number of aromatic nitrogens is 1. The number of anilines is 1. The van der Waals surface area contributed by atoms with E-state index in [-0.39, 0.29) is 11.8 Å². The molecular formula is C20H17N3O3. The van der Waals surface area contributed by atoms with Crippen LogP contribution >= 0.6 is 0 Å². The smallest absolute Gasteiger partial charge is 0.246 e. The highest BCUT2D eigenvalue weighted by atomic mass is 16.5. The van der Waals surface area contributed by atoms with Crippen LogP contribution in [0, 0.1) is 0 Å². The Bertz CT molecular complexity index is 981. The van der Waals surface area contributed by atoms with Gasteiger partial charge in [-0.1, -0.05) is 18.2 Å². The molecule has 0 saturated carbocycles. The third-order valence-electron chi connectivity index (χ3n) is 4.25. The highest BCUT2D eigenvalue weighted by Crippen LogP contribution is 2.29. The monoisotopic (exact) mass is 347 g/mol. The lowest BCUT2D eigenvalue weighted by Gasteiger charge is -2.13. The number of hydrogen-bond acceptors (Lipinski definition) is 4. The molecule has 1 aliphatic heterocycles. The van der Waals surface area contributed by atoms with Gasteiger partial charge in [0.15, 0.2) is 0 Å². The molecule has 3 aromatic rings. The number of benzene rings is 2. The Morgan fingerprint density at radius 3 is 2.88 bits per heavy atom. The molecule has 2 N–H and O–H groups in total. The summed E-state index contributed by atoms with van der Waals surface area (Å²) in [4.78, 5) is 27.8. The van der Waals surface area contributed by atoms with E-state index >= 15 is 0 Å². The number of fused-ring (bicyclic) bond motifs is 1. The van der Waals surface area contributed by atoms with Crippen molar-refractivity contribution in [1.29, 1.82) is 0 Å². The molecule has 1 aliphatic rings. The molecule has 4 rings (SSSR count). The number of carbonyl (C=O) groups excluding carboxylic acids is 2. The van der Waals surface area contributed by atoms with E-state index < -0.39 is 6.04 Å². The Morgan fingerprint density at radius 1 is 1.15 bits per heavy atom. The van der Waals surface area contributed by atoms with E-state index in [0.717, 1.165) is 10.9 Å². The Kier molecular flexibility index (Phi) is 4.23. The number of pyridine rings is 1. The Morgan fingerprint density at radius 2 is 2.04 bits per heavy atom. The minimum absolute atomic E-state index is 0.0909. The standard InChI is InChI=1S/C20H17N3O3/c24-19-9-8-17(23-19)20(25)22-13-4-3-5-14(12-13)26-18-10-11-21-16-7-2-1-6-15(16)18/h1-7,10-12,17H,8-9H2,(H,22,25)(H,23,24). The Balaban J connectivity index is 1.52. The zero-order chi connectivity index (χ0) is 17.9. The second kappa shape index (κ2) is 6.84. The number of ether oxygens (including phenoxy) is 1. The minimum atomic E-state index is -0.476. The molecule has 1 atom stereocenters. The average molecular weight is 347 g/mol. The molecule has 0 aliphatic carbocycles. The van der Waals surface area contributed by atoms with Crippen LogP contribution in [0.2, 0.25) is 0 Å². The lowest BCUT2D eigenvalue weighted by atomic mass is 10.2. The van der Waals surface area contributed by atoms with Gasteiger partial charge in [0.25, 0.3) is 0 Å². The molecule has 0 bridgehead atoms. The molecule has 1 unspecified atom stereocenters. The fourth-order valence-corrected chi connectivity index (χ4v) is 2.96. The second-order valence-corrected chi connectivity index (χ2v) is 6.10. The van der Waals surface area contributed by atoms with Crippen molar-refractivity contribution in [1.82, 2.24) is 10.3 Å². The van der Waals surface area contributed by atoms with Crippen molar-refractivity contribution in [2.75, 3.05) is 5.32 Å². The first-order valence-electron chi connectivity index (χ1n) is 8.41. The van der Waals surface area contributed by atoms with Crippen molar-refractivity contribution in [2.24, 2.45) is 0 Å². The van der Waals surface area contributed by atoms with Crippen LogP contribution in [0.5, 0.6) is 11.5 Å². The number of nitrogens with one attached hydrogen (secondary N) is 2. The highest BCUT2D eigenvalue weighted by Gasteiger charge is 2.27. The van der Waals surface area contributed by atoms with Gasteiger partial charge < -0.3 is 15.4 Å². The van der Waals surface area contributed by atoms with Crippen molar-refractivity contribution in [2.45, 2.75) is 18.9 Å². The summed E-state index contributed by atoms with van der Waals surface area (Å²) in [6.45, 7) is 0. The molecule has 0 spiro atoms. The molecule has 1 saturated heterocycles. The number of para-hydroxylation sites is 1. The lowest BCUT2D eigenvalue weighted by Crippen LogP contribution is -2.37. The summed E-state index contributed by atoms with van der Waals surface area (Å²) >= 11 is 0. The number of rotatable bonds is 4. The summed E-state index contributed by atoms with van der Waals surface area (Å²) in [6.07, 6.45) is 2.60. The minimum Gasteiger partial charge on any atom is -0.457 e. The Hall–Kier alpha value is -3.41. The first-order chi connectivity index (χ1) is 12.7. The summed E-state index contributed by atoms with van der Waals surface area (Å²) in [5.41, 5.74) is 1.47. The van der Waals surface area contributed by atoms with Gasteiger partial charge in [0.05, 0.1) is 5.52 Å². The molecule has 2 heterocycles. The van der Waals surface area contributed by atoms with E-state index in [2.05, 4.69) is 15.6 Å². The molecule has 26 heavy (non-hydrogen) atoms. The van der Waals surface area contributed by atoms with Crippen molar-refractivity contribution in [3.63, 3.8) is 0 Å². The van der Waals surface area contributed by atoms with Crippen molar-refractivity contribution >= 4 is 28.4 Å². The van der Waals surface area contributed by atoms with Gasteiger partial charge in [-0.25, -0.2) is 0 Å². The number of nitrogens with zero attached hydrogens (tertiary/aromatic N) is 1. The van der Waals surface area contributed by atoms with Crippen LogP contribution in [0.15, 0.2) is 60.8 Å². The molecule has 0 radical (unpaired) electrons. The van der Waals surface area contributed by atoms with Gasteiger partial charge in [-0.2, -0.15) is 0 Å². The lowest BCUT2D eigenvalue weighted by molar-refractivity contribution is -0.122. The van der Waals surface area contributed by atoms with Crippen molar-refractivity contribution in [3.8, 4) is 11.5 Å². The van der Waals surface area contributed by atoms with Crippen LogP contribution in [-0.2, 0) is 9.59 Å². The van der Waals surface area contributed by atoms with E-state index in [4.69, 9.17) is 4.74 Å². The van der Waals surface area contributed by atoms with Gasteiger partial charge >= 0.3 is 0 Å². The van der Waals surface area contributed by atoms with Crippen LogP contribution in [0.4, 0.5) is 5.69 Å². The van der Waals surface area contributed by atoms with Crippen LogP contribution in [0.1, 0.15) is 12.8 Å². The summed E-state index contributed by atoms with van der Waals surface area (Å²) in [7, 11) is 0. The van der Waals surface area contributed by atoms with Gasteiger partial charge in [-0.3, -0.25) is 14.6 Å². The van der Waals surface area contributed by atoms with E-state index in [9.17, 15) is 9.59 Å². The predicted molar refractivity (Wildman–Crippen MR) is 98.1 cm³/mol. The fraction of sp³-hybridized carbons (Fsp3) is 0.150. The Labute approximate surface area is 150 Å². The fourth-order valence-electron chi connectivity index (χ4n) is 2.96. The van der Waals surface area contributed by atoms with Crippen LogP contribution in [-0.4, -0.2) is 22.8 Å². The maximum atomic E-state index is 12.2. The summed E-state index contributed by atoms with van der Waals surface area (Å²) in [6, 6.07) is 16.2. The largest absolute Gasteiger partial charge is 0.457 e.